The van der Waals surface area contributed by atoms with E-state index in [0.717, 1.165) is 15.6 Å². The smallest absolute Gasteiger partial charge is 0.209 e. The van der Waals surface area contributed by atoms with Gasteiger partial charge in [-0.05, 0) is 39.6 Å². The molecule has 2 rings (SSSR count). The van der Waals surface area contributed by atoms with Crippen molar-refractivity contribution < 1.29 is 0 Å². The van der Waals surface area contributed by atoms with Gasteiger partial charge in [0.15, 0.2) is 0 Å². The maximum Gasteiger partial charge on any atom is 0.209 e. The SMILES string of the molecule is Clc1ccc(-c2nc(Br)ns2)cc1. The average molecular weight is 276 g/mol. The lowest BCUT2D eigenvalue weighted by Crippen LogP contribution is -1.74. The maximum atomic E-state index is 5.76. The Kier molecular flexibility index (Phi) is 2.62. The Balaban J connectivity index is 2.41. The van der Waals surface area contributed by atoms with Gasteiger partial charge >= 0.3 is 0 Å². The molecule has 0 N–H and O–H groups in total. The normalized spacial score (nSPS) is 10.3. The second kappa shape index (κ2) is 3.74. The molecule has 5 heteroatoms. The summed E-state index contributed by atoms with van der Waals surface area (Å²) in [5.41, 5.74) is 1.03. The summed E-state index contributed by atoms with van der Waals surface area (Å²) in [6, 6.07) is 7.53. The van der Waals surface area contributed by atoms with E-state index in [0.29, 0.717) is 4.73 Å². The third-order valence-electron chi connectivity index (χ3n) is 1.49. The van der Waals surface area contributed by atoms with Crippen LogP contribution in [0.5, 0.6) is 0 Å². The highest BCUT2D eigenvalue weighted by atomic mass is 79.9. The molecule has 0 spiro atoms. The first-order chi connectivity index (χ1) is 6.25. The molecular weight excluding hydrogens is 272 g/mol. The standard InChI is InChI=1S/C8H4BrClN2S/c9-8-11-7(13-12-8)5-1-3-6(10)4-2-5/h1-4H. The van der Waals surface area contributed by atoms with Gasteiger partial charge in [-0.3, -0.25) is 0 Å². The van der Waals surface area contributed by atoms with Crippen LogP contribution in [0.15, 0.2) is 29.0 Å². The zero-order chi connectivity index (χ0) is 9.26. The molecule has 1 aromatic heterocycles. The van der Waals surface area contributed by atoms with Crippen molar-refractivity contribution in [1.82, 2.24) is 9.36 Å². The molecule has 0 saturated carbocycles. The van der Waals surface area contributed by atoms with Gasteiger partial charge in [-0.2, -0.15) is 4.37 Å². The van der Waals surface area contributed by atoms with Crippen molar-refractivity contribution in [2.24, 2.45) is 0 Å². The molecule has 2 aromatic rings. The highest BCUT2D eigenvalue weighted by Crippen LogP contribution is 2.24. The van der Waals surface area contributed by atoms with Crippen LogP contribution in [-0.2, 0) is 0 Å². The molecule has 2 nitrogen and oxygen atoms in total. The highest BCUT2D eigenvalue weighted by Gasteiger charge is 2.03. The predicted molar refractivity (Wildman–Crippen MR) is 58.1 cm³/mol. The molecule has 1 heterocycles. The number of hydrogen-bond acceptors (Lipinski definition) is 3. The van der Waals surface area contributed by atoms with Gasteiger partial charge in [0.25, 0.3) is 0 Å². The van der Waals surface area contributed by atoms with Crippen LogP contribution in [-0.4, -0.2) is 9.36 Å². The van der Waals surface area contributed by atoms with Gasteiger partial charge in [0.05, 0.1) is 0 Å². The summed E-state index contributed by atoms with van der Waals surface area (Å²) in [6.07, 6.45) is 0. The van der Waals surface area contributed by atoms with Crippen molar-refractivity contribution in [1.29, 1.82) is 0 Å². The zero-order valence-electron chi connectivity index (χ0n) is 6.37. The Morgan fingerprint density at radius 2 is 1.92 bits per heavy atom. The third kappa shape index (κ3) is 2.07. The molecular formula is C8H4BrClN2S. The average Bonchev–Trinajstić information content (AvgIpc) is 2.53. The van der Waals surface area contributed by atoms with Crippen molar-refractivity contribution >= 4 is 39.1 Å². The predicted octanol–water partition coefficient (Wildman–Crippen LogP) is 3.62. The summed E-state index contributed by atoms with van der Waals surface area (Å²) >= 11 is 10.3. The monoisotopic (exact) mass is 274 g/mol. The van der Waals surface area contributed by atoms with Crippen LogP contribution in [0, 0.1) is 0 Å². The number of halogens is 2. The Hall–Kier alpha value is -0.450. The van der Waals surface area contributed by atoms with E-state index in [9.17, 15) is 0 Å². The fourth-order valence-corrected chi connectivity index (χ4v) is 2.12. The lowest BCUT2D eigenvalue weighted by Gasteiger charge is -1.93. The lowest BCUT2D eigenvalue weighted by molar-refractivity contribution is 1.26. The second-order valence-corrected chi connectivity index (χ2v) is 4.27. The molecule has 66 valence electrons. The van der Waals surface area contributed by atoms with Crippen LogP contribution in [0.3, 0.4) is 0 Å². The van der Waals surface area contributed by atoms with Gasteiger partial charge in [-0.15, -0.1) is 0 Å². The first-order valence-corrected chi connectivity index (χ1v) is 5.45. The van der Waals surface area contributed by atoms with Crippen LogP contribution in [0.1, 0.15) is 0 Å². The summed E-state index contributed by atoms with van der Waals surface area (Å²) in [7, 11) is 0. The lowest BCUT2D eigenvalue weighted by atomic mass is 10.2. The van der Waals surface area contributed by atoms with Gasteiger partial charge in [0, 0.05) is 10.6 Å². The van der Waals surface area contributed by atoms with E-state index in [1.807, 2.05) is 24.3 Å². The van der Waals surface area contributed by atoms with Crippen LogP contribution in [0.25, 0.3) is 10.6 Å². The molecule has 13 heavy (non-hydrogen) atoms. The van der Waals surface area contributed by atoms with E-state index < -0.39 is 0 Å². The fourth-order valence-electron chi connectivity index (χ4n) is 0.915. The van der Waals surface area contributed by atoms with E-state index in [1.54, 1.807) is 0 Å². The topological polar surface area (TPSA) is 25.8 Å². The minimum atomic E-state index is 0.627. The minimum Gasteiger partial charge on any atom is -0.209 e. The minimum absolute atomic E-state index is 0.627. The Morgan fingerprint density at radius 3 is 2.46 bits per heavy atom. The van der Waals surface area contributed by atoms with Gasteiger partial charge in [-0.1, -0.05) is 23.7 Å². The van der Waals surface area contributed by atoms with Crippen molar-refractivity contribution in [2.75, 3.05) is 0 Å². The number of rotatable bonds is 1. The van der Waals surface area contributed by atoms with Crippen molar-refractivity contribution in [3.8, 4) is 10.6 Å². The molecule has 0 aliphatic heterocycles. The van der Waals surface area contributed by atoms with E-state index in [1.165, 1.54) is 11.5 Å². The summed E-state index contributed by atoms with van der Waals surface area (Å²) in [4.78, 5) is 4.19. The molecule has 0 bridgehead atoms. The third-order valence-corrected chi connectivity index (χ3v) is 3.10. The molecule has 0 fully saturated rings. The Bertz CT molecular complexity index is 412. The molecule has 1 aromatic carbocycles. The molecule has 0 atom stereocenters. The largest absolute Gasteiger partial charge is 0.209 e. The van der Waals surface area contributed by atoms with Gasteiger partial charge in [-0.25, -0.2) is 4.98 Å². The van der Waals surface area contributed by atoms with Gasteiger partial charge in [0.1, 0.15) is 5.01 Å². The van der Waals surface area contributed by atoms with Crippen LogP contribution >= 0.6 is 39.1 Å². The Morgan fingerprint density at radius 1 is 1.23 bits per heavy atom. The molecule has 0 unspecified atom stereocenters. The number of aromatic nitrogens is 2. The number of hydrogen-bond donors (Lipinski definition) is 0. The molecule has 0 aliphatic rings. The summed E-state index contributed by atoms with van der Waals surface area (Å²) in [5, 5.41) is 1.62. The molecule has 0 radical (unpaired) electrons. The van der Waals surface area contributed by atoms with E-state index in [-0.39, 0.29) is 0 Å². The number of benzene rings is 1. The van der Waals surface area contributed by atoms with Crippen molar-refractivity contribution in [3.05, 3.63) is 34.0 Å². The van der Waals surface area contributed by atoms with Crippen LogP contribution in [0.4, 0.5) is 0 Å². The first-order valence-electron chi connectivity index (χ1n) is 3.51. The Labute approximate surface area is 92.9 Å². The highest BCUT2D eigenvalue weighted by molar-refractivity contribution is 9.10. The van der Waals surface area contributed by atoms with Crippen molar-refractivity contribution in [2.45, 2.75) is 0 Å². The molecule has 0 saturated heterocycles. The zero-order valence-corrected chi connectivity index (χ0v) is 9.53. The summed E-state index contributed by atoms with van der Waals surface area (Å²) < 4.78 is 4.66. The number of nitrogens with zero attached hydrogens (tertiary/aromatic N) is 2. The van der Waals surface area contributed by atoms with Crippen LogP contribution in [0.2, 0.25) is 5.02 Å². The van der Waals surface area contributed by atoms with Gasteiger partial charge < -0.3 is 0 Å². The van der Waals surface area contributed by atoms with E-state index in [2.05, 4.69) is 25.3 Å². The van der Waals surface area contributed by atoms with Crippen molar-refractivity contribution in [3.63, 3.8) is 0 Å². The van der Waals surface area contributed by atoms with E-state index >= 15 is 0 Å². The quantitative estimate of drug-likeness (QED) is 0.794. The maximum absolute atomic E-state index is 5.76. The summed E-state index contributed by atoms with van der Waals surface area (Å²) in [5.74, 6) is 0. The van der Waals surface area contributed by atoms with E-state index in [4.69, 9.17) is 11.6 Å². The first kappa shape index (κ1) is 9.12. The van der Waals surface area contributed by atoms with Crippen LogP contribution < -0.4 is 0 Å². The fraction of sp³-hybridized carbons (Fsp3) is 0. The van der Waals surface area contributed by atoms with Gasteiger partial charge in [0.2, 0.25) is 4.73 Å². The molecule has 0 amide bonds. The second-order valence-electron chi connectivity index (χ2n) is 2.38. The molecule has 0 aliphatic carbocycles. The summed E-state index contributed by atoms with van der Waals surface area (Å²) in [6.45, 7) is 0.